The Balaban J connectivity index is 2.19. The largest absolute Gasteiger partial charge is 0.507 e. The van der Waals surface area contributed by atoms with Gasteiger partial charge in [-0.1, -0.05) is 44.3 Å². The second kappa shape index (κ2) is 9.89. The van der Waals surface area contributed by atoms with Crippen LogP contribution in [-0.2, 0) is 6.42 Å². The van der Waals surface area contributed by atoms with Crippen molar-refractivity contribution in [2.24, 2.45) is 0 Å². The highest BCUT2D eigenvalue weighted by Crippen LogP contribution is 2.42. The van der Waals surface area contributed by atoms with Gasteiger partial charge < -0.3 is 9.84 Å². The Bertz CT molecular complexity index is 572. The summed E-state index contributed by atoms with van der Waals surface area (Å²) >= 11 is 0. The van der Waals surface area contributed by atoms with E-state index in [9.17, 15) is 5.11 Å². The lowest BCUT2D eigenvalue weighted by Crippen LogP contribution is -2.11. The molecule has 0 radical (unpaired) electrons. The molecule has 0 aromatic heterocycles. The van der Waals surface area contributed by atoms with Gasteiger partial charge in [0.05, 0.1) is 6.10 Å². The lowest BCUT2D eigenvalue weighted by molar-refractivity contribution is 0.237. The molecule has 0 heterocycles. The number of rotatable bonds is 9. The van der Waals surface area contributed by atoms with Crippen molar-refractivity contribution in [1.82, 2.24) is 0 Å². The maximum Gasteiger partial charge on any atom is 0.127 e. The summed E-state index contributed by atoms with van der Waals surface area (Å²) in [6, 6.07) is 4.15. The van der Waals surface area contributed by atoms with E-state index >= 15 is 0 Å². The van der Waals surface area contributed by atoms with E-state index < -0.39 is 0 Å². The molecule has 140 valence electrons. The molecular weight excluding hydrogens is 308 g/mol. The molecule has 1 aromatic carbocycles. The van der Waals surface area contributed by atoms with Crippen molar-refractivity contribution in [3.05, 3.63) is 34.9 Å². The minimum Gasteiger partial charge on any atom is -0.507 e. The normalized spacial score (nSPS) is 17.6. The van der Waals surface area contributed by atoms with Gasteiger partial charge in [0.1, 0.15) is 11.5 Å². The van der Waals surface area contributed by atoms with Gasteiger partial charge >= 0.3 is 0 Å². The standard InChI is InChI=1S/C23H36O2/c1-5-6-7-8-9-12-19-15-21(24)23(22(16-19)25-17(2)3)20-13-10-11-18(4)14-20/h14-17,20,24H,5-13H2,1-4H3. The van der Waals surface area contributed by atoms with Crippen LogP contribution in [0.3, 0.4) is 0 Å². The second-order valence-electron chi connectivity index (χ2n) is 7.87. The number of phenols is 1. The molecule has 0 amide bonds. The van der Waals surface area contributed by atoms with Gasteiger partial charge in [0.25, 0.3) is 0 Å². The molecule has 1 N–H and O–H groups in total. The maximum absolute atomic E-state index is 10.8. The summed E-state index contributed by atoms with van der Waals surface area (Å²) in [4.78, 5) is 0. The number of ether oxygens (including phenoxy) is 1. The molecule has 0 saturated carbocycles. The molecule has 0 saturated heterocycles. The highest BCUT2D eigenvalue weighted by atomic mass is 16.5. The molecule has 0 aliphatic heterocycles. The number of aryl methyl sites for hydroxylation is 1. The van der Waals surface area contributed by atoms with Crippen molar-refractivity contribution >= 4 is 0 Å². The summed E-state index contributed by atoms with van der Waals surface area (Å²) in [5, 5.41) is 10.8. The zero-order chi connectivity index (χ0) is 18.2. The zero-order valence-electron chi connectivity index (χ0n) is 16.6. The maximum atomic E-state index is 10.8. The fourth-order valence-electron chi connectivity index (χ4n) is 3.81. The van der Waals surface area contributed by atoms with Crippen LogP contribution in [0.1, 0.15) is 96.1 Å². The second-order valence-corrected chi connectivity index (χ2v) is 7.87. The van der Waals surface area contributed by atoms with Gasteiger partial charge in [-0.15, -0.1) is 0 Å². The quantitative estimate of drug-likeness (QED) is 0.390. The predicted molar refractivity (Wildman–Crippen MR) is 107 cm³/mol. The zero-order valence-corrected chi connectivity index (χ0v) is 16.6. The van der Waals surface area contributed by atoms with Gasteiger partial charge in [-0.25, -0.2) is 0 Å². The van der Waals surface area contributed by atoms with Crippen LogP contribution in [0, 0.1) is 0 Å². The SMILES string of the molecule is CCCCCCCc1cc(O)c(C2C=C(C)CCC2)c(OC(C)C)c1. The third-order valence-electron chi connectivity index (χ3n) is 5.05. The van der Waals surface area contributed by atoms with Crippen LogP contribution in [0.4, 0.5) is 0 Å². The minimum atomic E-state index is 0.117. The highest BCUT2D eigenvalue weighted by molar-refractivity contribution is 5.51. The first-order valence-electron chi connectivity index (χ1n) is 10.2. The van der Waals surface area contributed by atoms with Crippen molar-refractivity contribution in [3.8, 4) is 11.5 Å². The van der Waals surface area contributed by atoms with Crippen LogP contribution in [0.25, 0.3) is 0 Å². The fourth-order valence-corrected chi connectivity index (χ4v) is 3.81. The molecule has 2 rings (SSSR count). The Labute approximate surface area is 154 Å². The summed E-state index contributed by atoms with van der Waals surface area (Å²) in [6.07, 6.45) is 13.3. The Hall–Kier alpha value is -1.44. The average molecular weight is 345 g/mol. The van der Waals surface area contributed by atoms with E-state index in [-0.39, 0.29) is 12.0 Å². The van der Waals surface area contributed by atoms with Crippen molar-refractivity contribution in [1.29, 1.82) is 0 Å². The summed E-state index contributed by atoms with van der Waals surface area (Å²) in [5.41, 5.74) is 3.61. The van der Waals surface area contributed by atoms with Gasteiger partial charge in [0.15, 0.2) is 0 Å². The molecule has 0 fully saturated rings. The number of aromatic hydroxyl groups is 1. The highest BCUT2D eigenvalue weighted by Gasteiger charge is 2.22. The molecular formula is C23H36O2. The number of hydrogen-bond acceptors (Lipinski definition) is 2. The van der Waals surface area contributed by atoms with E-state index in [0.717, 1.165) is 24.2 Å². The summed E-state index contributed by atoms with van der Waals surface area (Å²) in [7, 11) is 0. The van der Waals surface area contributed by atoms with Crippen LogP contribution < -0.4 is 4.74 Å². The van der Waals surface area contributed by atoms with Crippen molar-refractivity contribution in [2.45, 2.75) is 97.5 Å². The van der Waals surface area contributed by atoms with Crippen LogP contribution in [-0.4, -0.2) is 11.2 Å². The first-order valence-corrected chi connectivity index (χ1v) is 10.2. The van der Waals surface area contributed by atoms with E-state index in [2.05, 4.69) is 39.8 Å². The molecule has 1 aliphatic rings. The van der Waals surface area contributed by atoms with Gasteiger partial charge in [0.2, 0.25) is 0 Å². The number of hydrogen-bond donors (Lipinski definition) is 1. The molecule has 1 aromatic rings. The summed E-state index contributed by atoms with van der Waals surface area (Å²) < 4.78 is 6.11. The topological polar surface area (TPSA) is 29.5 Å². The summed E-state index contributed by atoms with van der Waals surface area (Å²) in [6.45, 7) is 8.55. The van der Waals surface area contributed by atoms with E-state index in [0.29, 0.717) is 5.75 Å². The van der Waals surface area contributed by atoms with Gasteiger partial charge in [-0.05, 0) is 70.6 Å². The molecule has 0 spiro atoms. The van der Waals surface area contributed by atoms with Crippen molar-refractivity contribution in [2.75, 3.05) is 0 Å². The van der Waals surface area contributed by atoms with Crippen LogP contribution >= 0.6 is 0 Å². The smallest absolute Gasteiger partial charge is 0.127 e. The molecule has 2 nitrogen and oxygen atoms in total. The first kappa shape index (κ1) is 19.9. The Morgan fingerprint density at radius 1 is 1.16 bits per heavy atom. The third kappa shape index (κ3) is 6.09. The van der Waals surface area contributed by atoms with Crippen molar-refractivity contribution < 1.29 is 9.84 Å². The Kier molecular flexibility index (Phi) is 7.87. The molecule has 25 heavy (non-hydrogen) atoms. The number of phenolic OH excluding ortho intramolecular Hbond substituents is 1. The average Bonchev–Trinajstić information content (AvgIpc) is 2.54. The molecule has 1 atom stereocenters. The fraction of sp³-hybridized carbons (Fsp3) is 0.652. The van der Waals surface area contributed by atoms with Crippen molar-refractivity contribution in [3.63, 3.8) is 0 Å². The van der Waals surface area contributed by atoms with Crippen LogP contribution in [0.15, 0.2) is 23.8 Å². The number of unbranched alkanes of at least 4 members (excludes halogenated alkanes) is 4. The van der Waals surface area contributed by atoms with E-state index in [1.165, 1.54) is 56.1 Å². The summed E-state index contributed by atoms with van der Waals surface area (Å²) in [5.74, 6) is 1.58. The van der Waals surface area contributed by atoms with E-state index in [4.69, 9.17) is 4.74 Å². The lowest BCUT2D eigenvalue weighted by Gasteiger charge is -2.25. The Morgan fingerprint density at radius 3 is 2.60 bits per heavy atom. The monoisotopic (exact) mass is 344 g/mol. The number of allylic oxidation sites excluding steroid dienone is 2. The predicted octanol–water partition coefficient (Wildman–Crippen LogP) is 6.91. The third-order valence-corrected chi connectivity index (χ3v) is 5.05. The van der Waals surface area contributed by atoms with Gasteiger partial charge in [0, 0.05) is 11.5 Å². The van der Waals surface area contributed by atoms with E-state index in [1.54, 1.807) is 0 Å². The number of benzene rings is 1. The van der Waals surface area contributed by atoms with E-state index in [1.807, 2.05) is 6.07 Å². The van der Waals surface area contributed by atoms with Crippen LogP contribution in [0.2, 0.25) is 0 Å². The lowest BCUT2D eigenvalue weighted by atomic mass is 9.84. The Morgan fingerprint density at radius 2 is 1.92 bits per heavy atom. The molecule has 2 heteroatoms. The molecule has 1 aliphatic carbocycles. The van der Waals surface area contributed by atoms with Gasteiger partial charge in [-0.3, -0.25) is 0 Å². The molecule has 1 unspecified atom stereocenters. The van der Waals surface area contributed by atoms with Gasteiger partial charge in [-0.2, -0.15) is 0 Å². The molecule has 0 bridgehead atoms. The van der Waals surface area contributed by atoms with Crippen LogP contribution in [0.5, 0.6) is 11.5 Å². The first-order chi connectivity index (χ1) is 12.0. The minimum absolute atomic E-state index is 0.117.